The Morgan fingerprint density at radius 1 is 1.10 bits per heavy atom. The maximum Gasteiger partial charge on any atom is 0.240 e. The fourth-order valence-corrected chi connectivity index (χ4v) is 6.63. The Kier molecular flexibility index (Phi) is 5.61. The van der Waals surface area contributed by atoms with E-state index in [0.29, 0.717) is 36.3 Å². The fraction of sp³-hybridized carbons (Fsp3) is 0.519. The van der Waals surface area contributed by atoms with E-state index in [1.807, 2.05) is 18.2 Å². The van der Waals surface area contributed by atoms with Crippen molar-refractivity contribution in [2.75, 3.05) is 19.6 Å². The first-order valence-corrected chi connectivity index (χ1v) is 11.9. The number of carbonyl (C=O) groups is 1. The summed E-state index contributed by atoms with van der Waals surface area (Å²) in [5.74, 6) is 2.42. The Labute approximate surface area is 186 Å². The van der Waals surface area contributed by atoms with Crippen LogP contribution in [0.4, 0.5) is 0 Å². The highest BCUT2D eigenvalue weighted by molar-refractivity contribution is 5.87. The predicted molar refractivity (Wildman–Crippen MR) is 124 cm³/mol. The molecule has 1 amide bonds. The molecule has 2 aromatic rings. The number of nitrogens with one attached hydrogen (secondary N) is 2. The molecule has 0 spiro atoms. The van der Waals surface area contributed by atoms with Crippen LogP contribution in [-0.4, -0.2) is 42.0 Å². The van der Waals surface area contributed by atoms with Crippen molar-refractivity contribution >= 4 is 5.91 Å². The van der Waals surface area contributed by atoms with Crippen LogP contribution in [0.5, 0.6) is 0 Å². The summed E-state index contributed by atoms with van der Waals surface area (Å²) < 4.78 is 0. The number of rotatable bonds is 7. The standard InChI is InChI=1S/C27H35N3O/c1-19(2)17-30-18-22-14-27(26(31)28-15-21-11-7-4-8-12-21)24(25(30)23(22)16-29-27)13-20-9-5-3-6-10-20/h3-12,19,22-25,29H,13-18H2,1-2H3,(H,28,31). The molecular formula is C27H35N3O. The summed E-state index contributed by atoms with van der Waals surface area (Å²) in [5, 5.41) is 7.08. The minimum absolute atomic E-state index is 0.192. The third-order valence-corrected chi connectivity index (χ3v) is 7.82. The van der Waals surface area contributed by atoms with E-state index in [1.54, 1.807) is 0 Å². The van der Waals surface area contributed by atoms with Crippen LogP contribution in [0, 0.1) is 23.7 Å². The molecule has 4 aliphatic rings. The molecule has 3 aliphatic heterocycles. The molecule has 0 aromatic heterocycles. The van der Waals surface area contributed by atoms with Gasteiger partial charge >= 0.3 is 0 Å². The van der Waals surface area contributed by atoms with Crippen LogP contribution in [-0.2, 0) is 17.8 Å². The molecule has 6 rings (SSSR count). The van der Waals surface area contributed by atoms with E-state index in [0.717, 1.165) is 38.0 Å². The lowest BCUT2D eigenvalue weighted by atomic mass is 9.58. The van der Waals surface area contributed by atoms with E-state index < -0.39 is 5.54 Å². The van der Waals surface area contributed by atoms with Crippen molar-refractivity contribution in [3.8, 4) is 0 Å². The van der Waals surface area contributed by atoms with Crippen LogP contribution in [0.25, 0.3) is 0 Å². The predicted octanol–water partition coefficient (Wildman–Crippen LogP) is 3.48. The molecular weight excluding hydrogens is 382 g/mol. The first-order chi connectivity index (χ1) is 15.1. The van der Waals surface area contributed by atoms with E-state index in [1.165, 1.54) is 5.56 Å². The van der Waals surface area contributed by atoms with E-state index in [4.69, 9.17) is 0 Å². The van der Waals surface area contributed by atoms with Gasteiger partial charge in [0.25, 0.3) is 0 Å². The van der Waals surface area contributed by atoms with Crippen LogP contribution in [0.3, 0.4) is 0 Å². The van der Waals surface area contributed by atoms with Crippen molar-refractivity contribution in [2.24, 2.45) is 23.7 Å². The second-order valence-corrected chi connectivity index (χ2v) is 10.3. The number of fused-ring (bicyclic) bond motifs is 1. The van der Waals surface area contributed by atoms with E-state index in [-0.39, 0.29) is 5.91 Å². The van der Waals surface area contributed by atoms with Gasteiger partial charge in [-0.15, -0.1) is 0 Å². The molecule has 5 unspecified atom stereocenters. The van der Waals surface area contributed by atoms with Gasteiger partial charge in [0.2, 0.25) is 5.91 Å². The van der Waals surface area contributed by atoms with E-state index >= 15 is 0 Å². The summed E-state index contributed by atoms with van der Waals surface area (Å²) >= 11 is 0. The summed E-state index contributed by atoms with van der Waals surface area (Å²) in [6.45, 7) is 8.46. The SMILES string of the molecule is CC(C)CN1CC2CC3(C(=O)NCc4ccccc4)NCC2C1C3Cc1ccccc1. The zero-order chi connectivity index (χ0) is 21.4. The Bertz CT molecular complexity index is 899. The highest BCUT2D eigenvalue weighted by Crippen LogP contribution is 2.53. The lowest BCUT2D eigenvalue weighted by Gasteiger charge is -2.56. The van der Waals surface area contributed by atoms with Gasteiger partial charge in [-0.1, -0.05) is 74.5 Å². The third kappa shape index (κ3) is 3.81. The Morgan fingerprint density at radius 2 is 1.77 bits per heavy atom. The fourth-order valence-electron chi connectivity index (χ4n) is 6.63. The zero-order valence-electron chi connectivity index (χ0n) is 18.8. The van der Waals surface area contributed by atoms with Crippen LogP contribution >= 0.6 is 0 Å². The number of hydrogen-bond acceptors (Lipinski definition) is 3. The normalized spacial score (nSPS) is 31.8. The second kappa shape index (κ2) is 8.40. The molecule has 2 N–H and O–H groups in total. The lowest BCUT2D eigenvalue weighted by molar-refractivity contribution is -0.138. The molecule has 0 radical (unpaired) electrons. The highest BCUT2D eigenvalue weighted by Gasteiger charge is 2.64. The second-order valence-electron chi connectivity index (χ2n) is 10.3. The summed E-state index contributed by atoms with van der Waals surface area (Å²) in [4.78, 5) is 16.5. The van der Waals surface area contributed by atoms with Gasteiger partial charge in [0.1, 0.15) is 5.54 Å². The molecule has 4 heteroatoms. The molecule has 4 nitrogen and oxygen atoms in total. The number of carbonyl (C=O) groups excluding carboxylic acids is 1. The van der Waals surface area contributed by atoms with Crippen molar-refractivity contribution in [1.82, 2.24) is 15.5 Å². The van der Waals surface area contributed by atoms with Gasteiger partial charge in [0, 0.05) is 38.1 Å². The summed E-state index contributed by atoms with van der Waals surface area (Å²) in [6.07, 6.45) is 1.91. The molecule has 164 valence electrons. The van der Waals surface area contributed by atoms with Crippen LogP contribution < -0.4 is 10.6 Å². The zero-order valence-corrected chi connectivity index (χ0v) is 18.8. The number of likely N-dealkylation sites (tertiary alicyclic amines) is 1. The number of nitrogens with zero attached hydrogens (tertiary/aromatic N) is 1. The average molecular weight is 418 g/mol. The van der Waals surface area contributed by atoms with Gasteiger partial charge < -0.3 is 10.6 Å². The number of amides is 1. The summed E-state index contributed by atoms with van der Waals surface area (Å²) in [5.41, 5.74) is 2.02. The van der Waals surface area contributed by atoms with Gasteiger partial charge in [-0.3, -0.25) is 9.69 Å². The minimum atomic E-state index is -0.472. The largest absolute Gasteiger partial charge is 0.350 e. The molecule has 1 saturated carbocycles. The average Bonchev–Trinajstić information content (AvgIpc) is 3.08. The summed E-state index contributed by atoms with van der Waals surface area (Å²) in [7, 11) is 0. The van der Waals surface area contributed by atoms with Crippen molar-refractivity contribution in [3.63, 3.8) is 0 Å². The summed E-state index contributed by atoms with van der Waals surface area (Å²) in [6, 6.07) is 21.5. The Morgan fingerprint density at radius 3 is 2.45 bits per heavy atom. The first kappa shape index (κ1) is 20.7. The van der Waals surface area contributed by atoms with Gasteiger partial charge in [-0.2, -0.15) is 0 Å². The molecule has 3 heterocycles. The van der Waals surface area contributed by atoms with E-state index in [9.17, 15) is 4.79 Å². The molecule has 2 aromatic carbocycles. The topological polar surface area (TPSA) is 44.4 Å². The smallest absolute Gasteiger partial charge is 0.240 e. The van der Waals surface area contributed by atoms with Gasteiger partial charge in [-0.05, 0) is 41.7 Å². The van der Waals surface area contributed by atoms with Gasteiger partial charge in [0.15, 0.2) is 0 Å². The molecule has 5 atom stereocenters. The van der Waals surface area contributed by atoms with Crippen molar-refractivity contribution in [1.29, 1.82) is 0 Å². The lowest BCUT2D eigenvalue weighted by Crippen LogP contribution is -2.74. The van der Waals surface area contributed by atoms with E-state index in [2.05, 4.69) is 71.8 Å². The highest BCUT2D eigenvalue weighted by atomic mass is 16.2. The minimum Gasteiger partial charge on any atom is -0.350 e. The number of piperidine rings is 2. The maximum atomic E-state index is 13.8. The van der Waals surface area contributed by atoms with Crippen molar-refractivity contribution in [3.05, 3.63) is 71.8 Å². The quantitative estimate of drug-likeness (QED) is 0.725. The van der Waals surface area contributed by atoms with Crippen LogP contribution in [0.2, 0.25) is 0 Å². The molecule has 31 heavy (non-hydrogen) atoms. The van der Waals surface area contributed by atoms with Gasteiger partial charge in [-0.25, -0.2) is 0 Å². The van der Waals surface area contributed by atoms with Gasteiger partial charge in [0.05, 0.1) is 0 Å². The molecule has 4 fully saturated rings. The third-order valence-electron chi connectivity index (χ3n) is 7.82. The van der Waals surface area contributed by atoms with Crippen molar-refractivity contribution < 1.29 is 4.79 Å². The van der Waals surface area contributed by atoms with Crippen molar-refractivity contribution in [2.45, 2.75) is 44.8 Å². The molecule has 1 aliphatic carbocycles. The Balaban J connectivity index is 1.44. The monoisotopic (exact) mass is 417 g/mol. The number of hydrogen-bond donors (Lipinski definition) is 2. The van der Waals surface area contributed by atoms with Crippen LogP contribution in [0.15, 0.2) is 60.7 Å². The van der Waals surface area contributed by atoms with Crippen LogP contribution in [0.1, 0.15) is 31.4 Å². The first-order valence-electron chi connectivity index (χ1n) is 11.9. The molecule has 4 bridgehead atoms. The maximum absolute atomic E-state index is 13.8. The Hall–Kier alpha value is -2.17. The number of benzene rings is 2. The molecule has 3 saturated heterocycles.